The van der Waals surface area contributed by atoms with Crippen molar-refractivity contribution in [3.63, 3.8) is 0 Å². The Kier molecular flexibility index (Phi) is 14.4. The second kappa shape index (κ2) is 18.0. The summed E-state index contributed by atoms with van der Waals surface area (Å²) in [6.07, 6.45) is 10.0. The highest BCUT2D eigenvalue weighted by Gasteiger charge is 2.20. The van der Waals surface area contributed by atoms with Crippen molar-refractivity contribution in [2.24, 2.45) is 0 Å². The lowest BCUT2D eigenvalue weighted by Gasteiger charge is -2.26. The number of fused-ring (bicyclic) bond motifs is 1. The quantitative estimate of drug-likeness (QED) is 0.0877. The van der Waals surface area contributed by atoms with Gasteiger partial charge in [0.05, 0.1) is 7.11 Å². The number of nitrogens with one attached hydrogen (secondary N) is 1. The summed E-state index contributed by atoms with van der Waals surface area (Å²) in [5.74, 6) is 1.12. The lowest BCUT2D eigenvalue weighted by Crippen LogP contribution is -2.37. The molecule has 0 spiro atoms. The van der Waals surface area contributed by atoms with Crippen molar-refractivity contribution in [1.29, 1.82) is 0 Å². The zero-order chi connectivity index (χ0) is 31.2. The van der Waals surface area contributed by atoms with Crippen molar-refractivity contribution < 1.29 is 18.7 Å². The van der Waals surface area contributed by atoms with Crippen molar-refractivity contribution in [2.75, 3.05) is 31.3 Å². The Bertz CT molecular complexity index is 1280. The number of rotatable bonds is 18. The Balaban J connectivity index is 1.52. The smallest absolute Gasteiger partial charge is 0.341 e. The molecule has 1 aromatic heterocycles. The molecule has 0 saturated heterocycles. The highest BCUT2D eigenvalue weighted by Crippen LogP contribution is 2.33. The summed E-state index contributed by atoms with van der Waals surface area (Å²) >= 11 is 1.56. The second-order valence-corrected chi connectivity index (χ2v) is 12.9. The van der Waals surface area contributed by atoms with Crippen LogP contribution in [0.15, 0.2) is 46.0 Å². The number of urea groups is 1. The van der Waals surface area contributed by atoms with Gasteiger partial charge in [-0.25, -0.2) is 14.6 Å². The van der Waals surface area contributed by atoms with E-state index in [9.17, 15) is 9.59 Å². The fraction of sp³-hybridized carbons (Fsp3) is 0.571. The molecule has 0 atom stereocenters. The maximum atomic E-state index is 13.6. The Morgan fingerprint density at radius 2 is 1.49 bits per heavy atom. The molecular formula is C35H51N3O4S. The number of para-hydroxylation sites is 2. The number of hydrogen-bond acceptors (Lipinski definition) is 6. The molecule has 0 saturated carbocycles. The fourth-order valence-electron chi connectivity index (χ4n) is 5.28. The Morgan fingerprint density at radius 1 is 0.884 bits per heavy atom. The number of nitrogens with zero attached hydrogens (tertiary/aromatic N) is 2. The van der Waals surface area contributed by atoms with Crippen LogP contribution >= 0.6 is 11.8 Å². The van der Waals surface area contributed by atoms with E-state index in [0.29, 0.717) is 33.7 Å². The zero-order valence-corrected chi connectivity index (χ0v) is 27.9. The highest BCUT2D eigenvalue weighted by atomic mass is 32.2. The van der Waals surface area contributed by atoms with Crippen LogP contribution in [0.4, 0.5) is 10.5 Å². The molecule has 1 heterocycles. The number of esters is 1. The van der Waals surface area contributed by atoms with Crippen molar-refractivity contribution in [2.45, 2.75) is 109 Å². The van der Waals surface area contributed by atoms with Gasteiger partial charge < -0.3 is 19.4 Å². The van der Waals surface area contributed by atoms with E-state index in [2.05, 4.69) is 63.1 Å². The van der Waals surface area contributed by atoms with Crippen LogP contribution in [0.25, 0.3) is 11.1 Å². The fourth-order valence-corrected chi connectivity index (χ4v) is 6.11. The van der Waals surface area contributed by atoms with Gasteiger partial charge in [0.1, 0.15) is 11.1 Å². The molecule has 7 nitrogen and oxygen atoms in total. The van der Waals surface area contributed by atoms with Gasteiger partial charge in [0.15, 0.2) is 5.58 Å². The van der Waals surface area contributed by atoms with Crippen LogP contribution in [-0.2, 0) is 4.74 Å². The molecule has 2 amide bonds. The van der Waals surface area contributed by atoms with Crippen LogP contribution in [0.1, 0.15) is 126 Å². The third kappa shape index (κ3) is 10.3. The number of carbonyl (C=O) groups excluding carboxylic acids is 2. The minimum absolute atomic E-state index is 0.0170. The second-order valence-electron chi connectivity index (χ2n) is 11.8. The van der Waals surface area contributed by atoms with E-state index >= 15 is 0 Å². The molecule has 0 aliphatic rings. The number of benzene rings is 2. The molecule has 0 fully saturated rings. The maximum absolute atomic E-state index is 13.6. The summed E-state index contributed by atoms with van der Waals surface area (Å²) in [4.78, 5) is 32.2. The van der Waals surface area contributed by atoms with Crippen LogP contribution in [0.3, 0.4) is 0 Å². The minimum Gasteiger partial charge on any atom is -0.465 e. The first kappa shape index (κ1) is 34.5. The number of aromatic nitrogens is 1. The first-order valence-electron chi connectivity index (χ1n) is 16.1. The van der Waals surface area contributed by atoms with Gasteiger partial charge in [0.25, 0.3) is 5.22 Å². The average Bonchev–Trinajstić information content (AvgIpc) is 3.42. The van der Waals surface area contributed by atoms with Crippen LogP contribution in [-0.4, -0.2) is 47.8 Å². The first-order valence-corrected chi connectivity index (χ1v) is 17.0. The highest BCUT2D eigenvalue weighted by molar-refractivity contribution is 7.99. The summed E-state index contributed by atoms with van der Waals surface area (Å²) in [6, 6.07) is 11.7. The molecule has 8 heteroatoms. The number of carbonyl (C=O) groups is 2. The normalized spacial score (nSPS) is 11.4. The van der Waals surface area contributed by atoms with Gasteiger partial charge in [-0.15, -0.1) is 0 Å². The van der Waals surface area contributed by atoms with Gasteiger partial charge in [-0.2, -0.15) is 0 Å². The molecule has 0 unspecified atom stereocenters. The topological polar surface area (TPSA) is 84.7 Å². The van der Waals surface area contributed by atoms with E-state index in [1.807, 2.05) is 11.0 Å². The molecule has 43 heavy (non-hydrogen) atoms. The molecular weight excluding hydrogens is 558 g/mol. The Hall–Kier alpha value is -3.00. The lowest BCUT2D eigenvalue weighted by atomic mass is 9.93. The SMILES string of the molecule is CCCCCCCN(CCCCCCSc1nc2cccc(C(=O)OC)c2o1)C(=O)Nc1c(C(C)C)cccc1C(C)C. The van der Waals surface area contributed by atoms with Crippen molar-refractivity contribution in [3.8, 4) is 0 Å². The van der Waals surface area contributed by atoms with Crippen molar-refractivity contribution in [3.05, 3.63) is 53.1 Å². The molecule has 1 N–H and O–H groups in total. The third-order valence-corrected chi connectivity index (χ3v) is 8.69. The van der Waals surface area contributed by atoms with Crippen LogP contribution in [0.5, 0.6) is 0 Å². The molecule has 0 bridgehead atoms. The number of hydrogen-bond donors (Lipinski definition) is 1. The van der Waals surface area contributed by atoms with E-state index < -0.39 is 5.97 Å². The average molecular weight is 610 g/mol. The van der Waals surface area contributed by atoms with E-state index in [0.717, 1.165) is 63.1 Å². The van der Waals surface area contributed by atoms with Crippen LogP contribution < -0.4 is 5.32 Å². The van der Waals surface area contributed by atoms with Gasteiger partial charge in [-0.05, 0) is 54.4 Å². The Morgan fingerprint density at radius 3 is 2.09 bits per heavy atom. The number of oxazole rings is 1. The minimum atomic E-state index is -0.425. The van der Waals surface area contributed by atoms with Gasteiger partial charge in [-0.3, -0.25) is 0 Å². The summed E-state index contributed by atoms with van der Waals surface area (Å²) in [5, 5.41) is 3.91. The molecule has 0 aliphatic carbocycles. The van der Waals surface area contributed by atoms with Crippen molar-refractivity contribution in [1.82, 2.24) is 9.88 Å². The largest absolute Gasteiger partial charge is 0.465 e. The standard InChI is InChI=1S/C35H51N3O4S/c1-7-8-9-10-13-22-38(34(40)37-31-27(25(2)3)18-16-19-28(31)26(4)5)23-14-11-12-15-24-43-35-36-30-21-17-20-29(32(30)42-35)33(39)41-6/h16-21,25-26H,7-15,22-24H2,1-6H3,(H,37,40). The summed E-state index contributed by atoms with van der Waals surface area (Å²) in [7, 11) is 1.36. The third-order valence-electron chi connectivity index (χ3n) is 7.77. The molecule has 0 aliphatic heterocycles. The molecule has 2 aromatic carbocycles. The van der Waals surface area contributed by atoms with Crippen LogP contribution in [0, 0.1) is 0 Å². The lowest BCUT2D eigenvalue weighted by molar-refractivity contribution is 0.0601. The maximum Gasteiger partial charge on any atom is 0.341 e. The van der Waals surface area contributed by atoms with Crippen LogP contribution in [0.2, 0.25) is 0 Å². The summed E-state index contributed by atoms with van der Waals surface area (Å²) in [5.41, 5.74) is 4.91. The predicted molar refractivity (Wildman–Crippen MR) is 179 cm³/mol. The van der Waals surface area contributed by atoms with E-state index in [1.54, 1.807) is 23.9 Å². The predicted octanol–water partition coefficient (Wildman–Crippen LogP) is 10.0. The molecule has 3 aromatic rings. The summed E-state index contributed by atoms with van der Waals surface area (Å²) in [6.45, 7) is 12.5. The monoisotopic (exact) mass is 609 g/mol. The number of methoxy groups -OCH3 is 1. The van der Waals surface area contributed by atoms with E-state index in [-0.39, 0.29) is 6.03 Å². The first-order chi connectivity index (χ1) is 20.8. The number of ether oxygens (including phenoxy) is 1. The molecule has 0 radical (unpaired) electrons. The van der Waals surface area contributed by atoms with E-state index in [1.165, 1.54) is 37.5 Å². The molecule has 236 valence electrons. The van der Waals surface area contributed by atoms with E-state index in [4.69, 9.17) is 9.15 Å². The number of amides is 2. The van der Waals surface area contributed by atoms with Crippen molar-refractivity contribution >= 4 is 40.5 Å². The Labute approximate surface area is 262 Å². The zero-order valence-electron chi connectivity index (χ0n) is 27.0. The van der Waals surface area contributed by atoms with Gasteiger partial charge in [0.2, 0.25) is 0 Å². The van der Waals surface area contributed by atoms with Gasteiger partial charge in [0, 0.05) is 24.5 Å². The number of anilines is 1. The molecule has 3 rings (SSSR count). The summed E-state index contributed by atoms with van der Waals surface area (Å²) < 4.78 is 10.7. The van der Waals surface area contributed by atoms with Gasteiger partial charge in [-0.1, -0.05) is 109 Å². The van der Waals surface area contributed by atoms with Gasteiger partial charge >= 0.3 is 12.0 Å². The number of thioether (sulfide) groups is 1. The number of unbranched alkanes of at least 4 members (excludes halogenated alkanes) is 7.